The third-order valence-electron chi connectivity index (χ3n) is 2.33. The zero-order valence-corrected chi connectivity index (χ0v) is 9.50. The van der Waals surface area contributed by atoms with Gasteiger partial charge in [-0.3, -0.25) is 4.90 Å². The van der Waals surface area contributed by atoms with Crippen molar-refractivity contribution in [3.05, 3.63) is 22.1 Å². The first kappa shape index (κ1) is 12.0. The van der Waals surface area contributed by atoms with Gasteiger partial charge in [-0.05, 0) is 20.5 Å². The van der Waals surface area contributed by atoms with Crippen LogP contribution >= 0.6 is 0 Å². The Morgan fingerprint density at radius 2 is 2.13 bits per heavy atom. The van der Waals surface area contributed by atoms with Crippen LogP contribution in [0.5, 0.6) is 0 Å². The highest BCUT2D eigenvalue weighted by molar-refractivity contribution is 5.00. The highest BCUT2D eigenvalue weighted by atomic mass is 16.6. The summed E-state index contributed by atoms with van der Waals surface area (Å²) in [6.45, 7) is 7.18. The molecule has 0 unspecified atom stereocenters. The van der Waals surface area contributed by atoms with E-state index in [9.17, 15) is 4.79 Å². The van der Waals surface area contributed by atoms with Crippen LogP contribution in [0, 0.1) is 6.92 Å². The van der Waals surface area contributed by atoms with Gasteiger partial charge in [0.25, 0.3) is 0 Å². The molecule has 0 amide bonds. The zero-order chi connectivity index (χ0) is 11.3. The lowest BCUT2D eigenvalue weighted by Crippen LogP contribution is -2.30. The molecule has 0 aliphatic heterocycles. The lowest BCUT2D eigenvalue weighted by Gasteiger charge is -2.18. The number of aryl methyl sites for hydroxylation is 1. The summed E-state index contributed by atoms with van der Waals surface area (Å²) in [4.78, 5) is 13.0. The second-order valence-corrected chi connectivity index (χ2v) is 3.41. The van der Waals surface area contributed by atoms with Crippen LogP contribution in [0.2, 0.25) is 0 Å². The zero-order valence-electron chi connectivity index (χ0n) is 9.50. The average molecular weight is 214 g/mol. The van der Waals surface area contributed by atoms with E-state index in [0.717, 1.165) is 19.6 Å². The summed E-state index contributed by atoms with van der Waals surface area (Å²) in [6.07, 6.45) is 0. The fourth-order valence-corrected chi connectivity index (χ4v) is 1.34. The van der Waals surface area contributed by atoms with Gasteiger partial charge in [0.05, 0.1) is 6.54 Å². The van der Waals surface area contributed by atoms with Crippen molar-refractivity contribution in [2.75, 3.05) is 26.7 Å². The molecule has 0 saturated carbocycles. The van der Waals surface area contributed by atoms with E-state index in [1.165, 1.54) is 0 Å². The van der Waals surface area contributed by atoms with E-state index >= 15 is 0 Å². The summed E-state index contributed by atoms with van der Waals surface area (Å²) in [5.74, 6) is 0.577. The van der Waals surface area contributed by atoms with Gasteiger partial charge in [0.2, 0.25) is 0 Å². The van der Waals surface area contributed by atoms with Crippen LogP contribution in [0.15, 0.2) is 13.6 Å². The van der Waals surface area contributed by atoms with E-state index in [1.54, 1.807) is 6.92 Å². The molecule has 0 aliphatic carbocycles. The van der Waals surface area contributed by atoms with E-state index in [4.69, 9.17) is 8.83 Å². The quantitative estimate of drug-likeness (QED) is 0.750. The SMILES string of the molecule is CCN(CCNC)Cc1oc(=O)oc1C. The Morgan fingerprint density at radius 3 is 2.60 bits per heavy atom. The minimum Gasteiger partial charge on any atom is -0.396 e. The number of hydrogen-bond donors (Lipinski definition) is 1. The first-order valence-electron chi connectivity index (χ1n) is 5.13. The van der Waals surface area contributed by atoms with E-state index < -0.39 is 5.82 Å². The Bertz CT molecular complexity index is 343. The molecule has 1 heterocycles. The monoisotopic (exact) mass is 214 g/mol. The molecule has 1 rings (SSSR count). The molecule has 0 aromatic carbocycles. The van der Waals surface area contributed by atoms with Crippen LogP contribution in [0.25, 0.3) is 0 Å². The van der Waals surface area contributed by atoms with Gasteiger partial charge >= 0.3 is 5.82 Å². The first-order valence-corrected chi connectivity index (χ1v) is 5.13. The number of rotatable bonds is 6. The summed E-state index contributed by atoms with van der Waals surface area (Å²) >= 11 is 0. The van der Waals surface area contributed by atoms with Crippen molar-refractivity contribution in [3.8, 4) is 0 Å². The van der Waals surface area contributed by atoms with E-state index in [-0.39, 0.29) is 0 Å². The van der Waals surface area contributed by atoms with Crippen molar-refractivity contribution in [3.63, 3.8) is 0 Å². The van der Waals surface area contributed by atoms with Crippen molar-refractivity contribution in [2.45, 2.75) is 20.4 Å². The molecular weight excluding hydrogens is 196 g/mol. The molecule has 0 aliphatic rings. The maximum absolute atomic E-state index is 10.8. The molecule has 86 valence electrons. The molecule has 0 bridgehead atoms. The molecular formula is C10H18N2O3. The normalized spacial score (nSPS) is 11.2. The predicted molar refractivity (Wildman–Crippen MR) is 56.9 cm³/mol. The highest BCUT2D eigenvalue weighted by Gasteiger charge is 2.11. The summed E-state index contributed by atoms with van der Waals surface area (Å²) in [7, 11) is 1.91. The Balaban J connectivity index is 2.58. The van der Waals surface area contributed by atoms with Crippen LogP contribution in [0.4, 0.5) is 0 Å². The molecule has 0 saturated heterocycles. The predicted octanol–water partition coefficient (Wildman–Crippen LogP) is 0.583. The number of nitrogens with one attached hydrogen (secondary N) is 1. The molecule has 0 atom stereocenters. The molecule has 15 heavy (non-hydrogen) atoms. The fourth-order valence-electron chi connectivity index (χ4n) is 1.34. The molecule has 5 heteroatoms. The summed E-state index contributed by atoms with van der Waals surface area (Å²) in [5.41, 5.74) is 0. The molecule has 1 N–H and O–H groups in total. The van der Waals surface area contributed by atoms with Crippen LogP contribution in [-0.4, -0.2) is 31.6 Å². The number of hydrogen-bond acceptors (Lipinski definition) is 5. The van der Waals surface area contributed by atoms with Gasteiger partial charge < -0.3 is 14.2 Å². The molecule has 5 nitrogen and oxygen atoms in total. The Labute approximate surface area is 89.1 Å². The van der Waals surface area contributed by atoms with Gasteiger partial charge in [-0.1, -0.05) is 6.92 Å². The van der Waals surface area contributed by atoms with Gasteiger partial charge in [-0.2, -0.15) is 0 Å². The topological polar surface area (TPSA) is 58.6 Å². The lowest BCUT2D eigenvalue weighted by atomic mass is 10.3. The third kappa shape index (κ3) is 3.53. The maximum Gasteiger partial charge on any atom is 0.519 e. The standard InChI is InChI=1S/C10H18N2O3/c1-4-12(6-5-11-3)7-9-8(2)14-10(13)15-9/h11H,4-7H2,1-3H3. The Kier molecular flexibility index (Phi) is 4.58. The second-order valence-electron chi connectivity index (χ2n) is 3.41. The Hall–Kier alpha value is -1.07. The largest absolute Gasteiger partial charge is 0.519 e. The Morgan fingerprint density at radius 1 is 1.40 bits per heavy atom. The summed E-state index contributed by atoms with van der Waals surface area (Å²) < 4.78 is 9.74. The first-order chi connectivity index (χ1) is 7.17. The maximum atomic E-state index is 10.8. The van der Waals surface area contributed by atoms with Gasteiger partial charge in [-0.25, -0.2) is 4.79 Å². The third-order valence-corrected chi connectivity index (χ3v) is 2.33. The molecule has 0 radical (unpaired) electrons. The van der Waals surface area contributed by atoms with Gasteiger partial charge in [0.1, 0.15) is 5.76 Å². The minimum absolute atomic E-state index is 0.572. The second kappa shape index (κ2) is 5.72. The van der Waals surface area contributed by atoms with Crippen LogP contribution < -0.4 is 11.1 Å². The van der Waals surface area contributed by atoms with E-state index in [2.05, 4.69) is 17.1 Å². The van der Waals surface area contributed by atoms with Gasteiger partial charge in [0.15, 0.2) is 5.76 Å². The average Bonchev–Trinajstić information content (AvgIpc) is 2.52. The van der Waals surface area contributed by atoms with Crippen molar-refractivity contribution in [2.24, 2.45) is 0 Å². The van der Waals surface area contributed by atoms with E-state index in [1.807, 2.05) is 7.05 Å². The van der Waals surface area contributed by atoms with E-state index in [0.29, 0.717) is 18.1 Å². The van der Waals surface area contributed by atoms with Crippen molar-refractivity contribution < 1.29 is 8.83 Å². The number of likely N-dealkylation sites (N-methyl/N-ethyl adjacent to an activating group) is 2. The van der Waals surface area contributed by atoms with Crippen LogP contribution in [-0.2, 0) is 6.54 Å². The van der Waals surface area contributed by atoms with Gasteiger partial charge in [-0.15, -0.1) is 0 Å². The van der Waals surface area contributed by atoms with Crippen LogP contribution in [0.1, 0.15) is 18.4 Å². The van der Waals surface area contributed by atoms with Crippen molar-refractivity contribution >= 4 is 0 Å². The highest BCUT2D eigenvalue weighted by Crippen LogP contribution is 2.08. The lowest BCUT2D eigenvalue weighted by molar-refractivity contribution is 0.252. The molecule has 1 aromatic heterocycles. The minimum atomic E-state index is -0.618. The summed E-state index contributed by atoms with van der Waals surface area (Å²) in [6, 6.07) is 0. The van der Waals surface area contributed by atoms with Crippen molar-refractivity contribution in [1.82, 2.24) is 10.2 Å². The smallest absolute Gasteiger partial charge is 0.396 e. The fraction of sp³-hybridized carbons (Fsp3) is 0.700. The summed E-state index contributed by atoms with van der Waals surface area (Å²) in [5, 5.41) is 3.08. The van der Waals surface area contributed by atoms with Crippen LogP contribution in [0.3, 0.4) is 0 Å². The van der Waals surface area contributed by atoms with Crippen molar-refractivity contribution in [1.29, 1.82) is 0 Å². The molecule has 1 aromatic rings. The number of nitrogens with zero attached hydrogens (tertiary/aromatic N) is 1. The molecule has 0 fully saturated rings. The van der Waals surface area contributed by atoms with Gasteiger partial charge in [0, 0.05) is 13.1 Å². The molecule has 0 spiro atoms.